The molecule has 29 heavy (non-hydrogen) atoms. The maximum absolute atomic E-state index is 14.9. The highest BCUT2D eigenvalue weighted by Crippen LogP contribution is 2.39. The number of halogens is 2. The first kappa shape index (κ1) is 18.6. The zero-order chi connectivity index (χ0) is 20.0. The minimum Gasteiger partial charge on any atom is -0.455 e. The number of amidine groups is 1. The van der Waals surface area contributed by atoms with E-state index >= 15 is 0 Å². The fraction of sp³-hybridized carbons (Fsp3) is 0.435. The van der Waals surface area contributed by atoms with Gasteiger partial charge in [0, 0.05) is 18.7 Å². The molecule has 1 fully saturated rings. The zero-order valence-electron chi connectivity index (χ0n) is 16.6. The molecule has 3 heterocycles. The van der Waals surface area contributed by atoms with Crippen molar-refractivity contribution in [2.24, 2.45) is 4.99 Å². The van der Waals surface area contributed by atoms with Crippen LogP contribution in [-0.4, -0.2) is 54.6 Å². The highest BCUT2D eigenvalue weighted by atomic mass is 19.2. The molecule has 0 amide bonds. The Hall–Kier alpha value is -2.47. The van der Waals surface area contributed by atoms with Crippen molar-refractivity contribution in [2.75, 3.05) is 33.2 Å². The van der Waals surface area contributed by atoms with Gasteiger partial charge in [0.1, 0.15) is 5.60 Å². The summed E-state index contributed by atoms with van der Waals surface area (Å²) < 4.78 is 35.4. The lowest BCUT2D eigenvalue weighted by Gasteiger charge is -2.41. The zero-order valence-corrected chi connectivity index (χ0v) is 16.6. The molecule has 0 saturated carbocycles. The summed E-state index contributed by atoms with van der Waals surface area (Å²) in [6.07, 6.45) is 2.86. The number of benzene rings is 2. The average Bonchev–Trinajstić information content (AvgIpc) is 3.12. The van der Waals surface area contributed by atoms with E-state index in [1.807, 2.05) is 23.1 Å². The van der Waals surface area contributed by atoms with Gasteiger partial charge in [0.05, 0.1) is 12.6 Å². The Labute approximate surface area is 169 Å². The molecule has 0 unspecified atom stereocenters. The van der Waals surface area contributed by atoms with E-state index in [0.717, 1.165) is 49.5 Å². The van der Waals surface area contributed by atoms with Crippen molar-refractivity contribution < 1.29 is 13.5 Å². The minimum atomic E-state index is -0.829. The molecule has 3 aliphatic rings. The van der Waals surface area contributed by atoms with E-state index in [1.54, 1.807) is 12.1 Å². The number of piperidine rings is 1. The van der Waals surface area contributed by atoms with Gasteiger partial charge < -0.3 is 14.5 Å². The standard InChI is InChI=1S/C23H25F2N3O/c1-27-12-5-11-23(15-27)14-26-22(29-23)28-13-10-16-6-2-3-7-17(16)21(28)18-8-4-9-19(24)20(18)25/h2-4,6-9,21H,5,10-15H2,1H3/t21-,23+/m1/s1. The molecule has 0 radical (unpaired) electrons. The van der Waals surface area contributed by atoms with Gasteiger partial charge in [0.25, 0.3) is 6.02 Å². The van der Waals surface area contributed by atoms with E-state index in [4.69, 9.17) is 9.73 Å². The highest BCUT2D eigenvalue weighted by Gasteiger charge is 2.44. The molecule has 0 N–H and O–H groups in total. The molecular weight excluding hydrogens is 372 g/mol. The molecule has 2 aromatic carbocycles. The summed E-state index contributed by atoms with van der Waals surface area (Å²) in [5.41, 5.74) is 2.16. The lowest BCUT2D eigenvalue weighted by Crippen LogP contribution is -2.51. The maximum Gasteiger partial charge on any atom is 0.288 e. The summed E-state index contributed by atoms with van der Waals surface area (Å²) in [4.78, 5) is 9.04. The molecule has 0 bridgehead atoms. The summed E-state index contributed by atoms with van der Waals surface area (Å²) in [7, 11) is 2.10. The lowest BCUT2D eigenvalue weighted by atomic mass is 9.88. The van der Waals surface area contributed by atoms with Crippen LogP contribution < -0.4 is 0 Å². The molecule has 0 aromatic heterocycles. The Balaban J connectivity index is 1.53. The molecular formula is C23H25F2N3O. The fourth-order valence-electron chi connectivity index (χ4n) is 4.99. The van der Waals surface area contributed by atoms with E-state index < -0.39 is 17.7 Å². The largest absolute Gasteiger partial charge is 0.455 e. The predicted molar refractivity (Wildman–Crippen MR) is 108 cm³/mol. The van der Waals surface area contributed by atoms with Crippen LogP contribution in [0.2, 0.25) is 0 Å². The van der Waals surface area contributed by atoms with Crippen LogP contribution in [0.1, 0.15) is 35.6 Å². The third-order valence-corrected chi connectivity index (χ3v) is 6.35. The number of likely N-dealkylation sites (N-methyl/N-ethyl adjacent to an activating group) is 1. The van der Waals surface area contributed by atoms with Gasteiger partial charge in [-0.1, -0.05) is 36.4 Å². The van der Waals surface area contributed by atoms with Gasteiger partial charge in [-0.05, 0) is 50.0 Å². The van der Waals surface area contributed by atoms with Gasteiger partial charge in [0.2, 0.25) is 0 Å². The molecule has 2 aromatic rings. The smallest absolute Gasteiger partial charge is 0.288 e. The van der Waals surface area contributed by atoms with E-state index in [1.165, 1.54) is 0 Å². The minimum absolute atomic E-state index is 0.301. The summed E-state index contributed by atoms with van der Waals surface area (Å²) in [6, 6.07) is 12.5. The Kier molecular flexibility index (Phi) is 4.54. The lowest BCUT2D eigenvalue weighted by molar-refractivity contribution is 0.000177. The van der Waals surface area contributed by atoms with Gasteiger partial charge in [-0.3, -0.25) is 0 Å². The van der Waals surface area contributed by atoms with E-state index in [2.05, 4.69) is 18.0 Å². The van der Waals surface area contributed by atoms with Crippen molar-refractivity contribution in [2.45, 2.75) is 30.9 Å². The monoisotopic (exact) mass is 397 g/mol. The predicted octanol–water partition coefficient (Wildman–Crippen LogP) is 3.76. The second kappa shape index (κ2) is 7.10. The third kappa shape index (κ3) is 3.19. The Morgan fingerprint density at radius 1 is 1.07 bits per heavy atom. The van der Waals surface area contributed by atoms with Crippen LogP contribution in [0.25, 0.3) is 0 Å². The van der Waals surface area contributed by atoms with Crippen molar-refractivity contribution >= 4 is 6.02 Å². The molecule has 3 aliphatic heterocycles. The number of likely N-dealkylation sites (tertiary alicyclic amines) is 1. The van der Waals surface area contributed by atoms with E-state index in [0.29, 0.717) is 24.7 Å². The summed E-state index contributed by atoms with van der Waals surface area (Å²) in [5, 5.41) is 0. The van der Waals surface area contributed by atoms with Crippen molar-refractivity contribution in [3.8, 4) is 0 Å². The van der Waals surface area contributed by atoms with Crippen LogP contribution in [0.15, 0.2) is 47.5 Å². The first-order chi connectivity index (χ1) is 14.1. The molecule has 1 saturated heterocycles. The molecule has 4 nitrogen and oxygen atoms in total. The average molecular weight is 397 g/mol. The molecule has 152 valence electrons. The van der Waals surface area contributed by atoms with Crippen molar-refractivity contribution in [1.29, 1.82) is 0 Å². The number of fused-ring (bicyclic) bond motifs is 1. The first-order valence-electron chi connectivity index (χ1n) is 10.3. The second-order valence-corrected chi connectivity index (χ2v) is 8.41. The van der Waals surface area contributed by atoms with Crippen molar-refractivity contribution in [1.82, 2.24) is 9.80 Å². The first-order valence-corrected chi connectivity index (χ1v) is 10.3. The third-order valence-electron chi connectivity index (χ3n) is 6.35. The summed E-state index contributed by atoms with van der Waals surface area (Å²) in [5.74, 6) is -1.63. The van der Waals surface area contributed by atoms with Crippen LogP contribution in [0.3, 0.4) is 0 Å². The number of ether oxygens (including phenoxy) is 1. The van der Waals surface area contributed by atoms with Crippen LogP contribution in [0.4, 0.5) is 8.78 Å². The van der Waals surface area contributed by atoms with Crippen molar-refractivity contribution in [3.63, 3.8) is 0 Å². The van der Waals surface area contributed by atoms with Gasteiger partial charge in [-0.15, -0.1) is 0 Å². The number of hydrogen-bond donors (Lipinski definition) is 0. The Morgan fingerprint density at radius 2 is 1.90 bits per heavy atom. The van der Waals surface area contributed by atoms with Gasteiger partial charge >= 0.3 is 0 Å². The summed E-state index contributed by atoms with van der Waals surface area (Å²) >= 11 is 0. The SMILES string of the molecule is CN1CCC[C@]2(CN=C(N3CCc4ccccc4[C@@H]3c3cccc(F)c3F)O2)C1. The van der Waals surface area contributed by atoms with Crippen LogP contribution in [-0.2, 0) is 11.2 Å². The molecule has 0 aliphatic carbocycles. The van der Waals surface area contributed by atoms with Gasteiger partial charge in [0.15, 0.2) is 11.6 Å². The fourth-order valence-corrected chi connectivity index (χ4v) is 4.99. The Morgan fingerprint density at radius 3 is 2.76 bits per heavy atom. The van der Waals surface area contributed by atoms with E-state index in [-0.39, 0.29) is 5.60 Å². The molecule has 5 rings (SSSR count). The second-order valence-electron chi connectivity index (χ2n) is 8.41. The number of aliphatic imine (C=N–C) groups is 1. The van der Waals surface area contributed by atoms with Crippen LogP contribution in [0.5, 0.6) is 0 Å². The molecule has 6 heteroatoms. The number of hydrogen-bond acceptors (Lipinski definition) is 4. The normalized spacial score (nSPS) is 26.9. The van der Waals surface area contributed by atoms with Gasteiger partial charge in [-0.25, -0.2) is 13.8 Å². The van der Waals surface area contributed by atoms with Gasteiger partial charge in [-0.2, -0.15) is 0 Å². The van der Waals surface area contributed by atoms with Crippen LogP contribution >= 0.6 is 0 Å². The van der Waals surface area contributed by atoms with Crippen molar-refractivity contribution in [3.05, 3.63) is 70.8 Å². The van der Waals surface area contributed by atoms with E-state index in [9.17, 15) is 8.78 Å². The highest BCUT2D eigenvalue weighted by molar-refractivity contribution is 5.78. The quantitative estimate of drug-likeness (QED) is 0.734. The summed E-state index contributed by atoms with van der Waals surface area (Å²) in [6.45, 7) is 3.17. The number of nitrogens with zero attached hydrogens (tertiary/aromatic N) is 3. The maximum atomic E-state index is 14.9. The Bertz CT molecular complexity index is 963. The molecule has 1 spiro atoms. The molecule has 2 atom stereocenters. The van der Waals surface area contributed by atoms with Crippen LogP contribution in [0, 0.1) is 11.6 Å². The topological polar surface area (TPSA) is 28.1 Å². The number of rotatable bonds is 1.